The van der Waals surface area contributed by atoms with E-state index in [1.165, 1.54) is 19.2 Å². The molecule has 0 saturated heterocycles. The van der Waals surface area contributed by atoms with Gasteiger partial charge in [0.05, 0.1) is 15.7 Å². The zero-order chi connectivity index (χ0) is 25.8. The average molecular weight is 527 g/mol. The van der Waals surface area contributed by atoms with Gasteiger partial charge in [-0.15, -0.1) is 0 Å². The van der Waals surface area contributed by atoms with Gasteiger partial charge in [-0.05, 0) is 63.5 Å². The Morgan fingerprint density at radius 2 is 1.97 bits per heavy atom. The second-order valence-corrected chi connectivity index (χ2v) is 11.6. The van der Waals surface area contributed by atoms with Gasteiger partial charge in [-0.1, -0.05) is 24.6 Å². The maximum absolute atomic E-state index is 12.4. The summed E-state index contributed by atoms with van der Waals surface area (Å²) in [6, 6.07) is 4.32. The van der Waals surface area contributed by atoms with Gasteiger partial charge in [-0.25, -0.2) is 18.6 Å². The zero-order valence-corrected chi connectivity index (χ0v) is 21.6. The molecule has 0 radical (unpaired) electrons. The van der Waals surface area contributed by atoms with Crippen molar-refractivity contribution in [1.82, 2.24) is 16.1 Å². The maximum atomic E-state index is 12.4. The summed E-state index contributed by atoms with van der Waals surface area (Å²) in [5.41, 5.74) is 2.32. The summed E-state index contributed by atoms with van der Waals surface area (Å²) in [5.74, 6) is -1.09. The van der Waals surface area contributed by atoms with Gasteiger partial charge >= 0.3 is 17.9 Å². The third-order valence-electron chi connectivity index (χ3n) is 6.42. The van der Waals surface area contributed by atoms with Gasteiger partial charge in [-0.3, -0.25) is 9.59 Å². The van der Waals surface area contributed by atoms with Crippen molar-refractivity contribution in [2.45, 2.75) is 68.9 Å². The van der Waals surface area contributed by atoms with Crippen molar-refractivity contribution >= 4 is 45.1 Å². The van der Waals surface area contributed by atoms with E-state index in [9.17, 15) is 22.8 Å². The topological polar surface area (TPSA) is 143 Å². The number of amides is 3. The number of likely N-dealkylation sites (N-methyl/N-ethyl adjacent to an activating group) is 1. The number of rotatable bonds is 7. The highest BCUT2D eigenvalue weighted by Gasteiger charge is 2.47. The summed E-state index contributed by atoms with van der Waals surface area (Å²) in [6.07, 6.45) is 2.89. The third-order valence-corrected chi connectivity index (χ3v) is 8.65. The Hall–Kier alpha value is -2.66. The summed E-state index contributed by atoms with van der Waals surface area (Å²) < 4.78 is 30.6. The highest BCUT2D eigenvalue weighted by atomic mass is 35.5. The largest absolute Gasteiger partial charge is 0.435 e. The first-order valence-electron chi connectivity index (χ1n) is 11.6. The molecule has 3 rings (SSSR count). The van der Waals surface area contributed by atoms with Crippen molar-refractivity contribution in [3.05, 3.63) is 28.8 Å². The monoisotopic (exact) mass is 526 g/mol. The van der Waals surface area contributed by atoms with Crippen LogP contribution in [0.5, 0.6) is 0 Å². The number of nitrogens with one attached hydrogen (secondary N) is 3. The highest BCUT2D eigenvalue weighted by molar-refractivity contribution is 7.91. The Morgan fingerprint density at radius 1 is 1.29 bits per heavy atom. The number of sulfone groups is 1. The Balaban J connectivity index is 1.75. The van der Waals surface area contributed by atoms with Crippen molar-refractivity contribution in [2.75, 3.05) is 12.8 Å². The molecule has 1 spiro atoms. The van der Waals surface area contributed by atoms with Crippen LogP contribution in [-0.4, -0.2) is 56.5 Å². The standard InChI is InChI=1S/C23H31ClN4O6S/c1-4-11-35(32,33)16-5-6-17(18(24)13-16)19-23(34-22(31)28-27-19)9-7-15(8-10-23)12-14(2)26-21(30)20(29)25-3/h5-6,13-15H,4,7-12H2,1-3H3,(H,25,29)(H,26,30)(H,28,31)/t14-,15?,23?/m0/s1. The molecular formula is C23H31ClN4O6S. The van der Waals surface area contributed by atoms with Crippen LogP contribution in [0.3, 0.4) is 0 Å². The van der Waals surface area contributed by atoms with E-state index in [0.717, 1.165) is 0 Å². The second-order valence-electron chi connectivity index (χ2n) is 9.05. The lowest BCUT2D eigenvalue weighted by Crippen LogP contribution is -2.52. The van der Waals surface area contributed by atoms with Crippen molar-refractivity contribution < 1.29 is 27.5 Å². The number of hydrazone groups is 1. The fourth-order valence-electron chi connectivity index (χ4n) is 4.71. The lowest BCUT2D eigenvalue weighted by Gasteiger charge is -2.42. The summed E-state index contributed by atoms with van der Waals surface area (Å²) in [4.78, 5) is 35.5. The lowest BCUT2D eigenvalue weighted by atomic mass is 9.73. The number of ether oxygens (including phenoxy) is 1. The van der Waals surface area contributed by atoms with Crippen LogP contribution in [0.1, 0.15) is 57.9 Å². The minimum Gasteiger partial charge on any atom is -0.435 e. The van der Waals surface area contributed by atoms with E-state index in [2.05, 4.69) is 21.2 Å². The van der Waals surface area contributed by atoms with E-state index in [4.69, 9.17) is 16.3 Å². The maximum Gasteiger partial charge on any atom is 0.428 e. The molecule has 1 heterocycles. The molecule has 10 nitrogen and oxygen atoms in total. The van der Waals surface area contributed by atoms with Crippen LogP contribution in [0, 0.1) is 5.92 Å². The van der Waals surface area contributed by atoms with Gasteiger partial charge in [-0.2, -0.15) is 5.10 Å². The lowest BCUT2D eigenvalue weighted by molar-refractivity contribution is -0.139. The van der Waals surface area contributed by atoms with Gasteiger partial charge < -0.3 is 15.4 Å². The first kappa shape index (κ1) is 26.9. The smallest absolute Gasteiger partial charge is 0.428 e. The second kappa shape index (κ2) is 10.9. The molecule has 192 valence electrons. The van der Waals surface area contributed by atoms with E-state index in [1.54, 1.807) is 13.0 Å². The summed E-state index contributed by atoms with van der Waals surface area (Å²) in [6.45, 7) is 3.64. The molecule has 1 saturated carbocycles. The first-order chi connectivity index (χ1) is 16.5. The Morgan fingerprint density at radius 3 is 2.57 bits per heavy atom. The number of halogens is 1. The van der Waals surface area contributed by atoms with Crippen molar-refractivity contribution in [3.63, 3.8) is 0 Å². The Bertz CT molecular complexity index is 1130. The average Bonchev–Trinajstić information content (AvgIpc) is 2.80. The Kier molecular flexibility index (Phi) is 8.42. The van der Waals surface area contributed by atoms with E-state index >= 15 is 0 Å². The van der Waals surface area contributed by atoms with E-state index in [-0.39, 0.29) is 27.6 Å². The molecule has 0 unspecified atom stereocenters. The molecule has 1 aliphatic heterocycles. The molecule has 3 N–H and O–H groups in total. The predicted molar refractivity (Wildman–Crippen MR) is 131 cm³/mol. The number of nitrogens with zero attached hydrogens (tertiary/aromatic N) is 1. The number of hydrogen-bond acceptors (Lipinski definition) is 7. The highest BCUT2D eigenvalue weighted by Crippen LogP contribution is 2.41. The third kappa shape index (κ3) is 6.13. The van der Waals surface area contributed by atoms with Crippen molar-refractivity contribution in [2.24, 2.45) is 11.0 Å². The van der Waals surface area contributed by atoms with Gasteiger partial charge in [0, 0.05) is 18.7 Å². The Labute approximate surface area is 210 Å². The number of carbonyl (C=O) groups is 3. The fourth-order valence-corrected chi connectivity index (χ4v) is 6.39. The van der Waals surface area contributed by atoms with Crippen molar-refractivity contribution in [1.29, 1.82) is 0 Å². The summed E-state index contributed by atoms with van der Waals surface area (Å²) >= 11 is 6.50. The number of hydrogen-bond donors (Lipinski definition) is 3. The minimum atomic E-state index is -3.44. The molecule has 0 bridgehead atoms. The van der Waals surface area contributed by atoms with Gasteiger partial charge in [0.2, 0.25) is 0 Å². The molecule has 1 aliphatic carbocycles. The van der Waals surface area contributed by atoms with Gasteiger partial charge in [0.15, 0.2) is 15.4 Å². The SMILES string of the molecule is CCCS(=O)(=O)c1ccc(C2=NNC(=O)OC23CCC(C[C@H](C)NC(=O)C(=O)NC)CC3)c(Cl)c1. The first-order valence-corrected chi connectivity index (χ1v) is 13.7. The number of benzene rings is 1. The molecule has 12 heteroatoms. The zero-order valence-electron chi connectivity index (χ0n) is 20.0. The van der Waals surface area contributed by atoms with Gasteiger partial charge in [0.1, 0.15) is 5.71 Å². The molecule has 1 aromatic carbocycles. The molecule has 35 heavy (non-hydrogen) atoms. The van der Waals surface area contributed by atoms with E-state index in [1.807, 2.05) is 6.92 Å². The minimum absolute atomic E-state index is 0.0239. The molecule has 0 aromatic heterocycles. The molecule has 3 amide bonds. The fraction of sp³-hybridized carbons (Fsp3) is 0.565. The molecule has 2 aliphatic rings. The van der Waals surface area contributed by atoms with Crippen LogP contribution < -0.4 is 16.1 Å². The van der Waals surface area contributed by atoms with Crippen LogP contribution >= 0.6 is 11.6 Å². The normalized spacial score (nSPS) is 23.0. The molecule has 1 aromatic rings. The van der Waals surface area contributed by atoms with Crippen molar-refractivity contribution in [3.8, 4) is 0 Å². The van der Waals surface area contributed by atoms with E-state index < -0.39 is 33.3 Å². The molecular weight excluding hydrogens is 496 g/mol. The quantitative estimate of drug-likeness (QED) is 0.466. The van der Waals surface area contributed by atoms with Crippen LogP contribution in [0.25, 0.3) is 0 Å². The van der Waals surface area contributed by atoms with Crippen LogP contribution in [0.2, 0.25) is 5.02 Å². The van der Waals surface area contributed by atoms with Crippen LogP contribution in [0.4, 0.5) is 4.79 Å². The van der Waals surface area contributed by atoms with Crippen LogP contribution in [0.15, 0.2) is 28.2 Å². The number of carbonyl (C=O) groups excluding carboxylic acids is 3. The predicted octanol–water partition coefficient (Wildman–Crippen LogP) is 2.54. The molecule has 1 fully saturated rings. The van der Waals surface area contributed by atoms with Crippen LogP contribution in [-0.2, 0) is 24.2 Å². The summed E-state index contributed by atoms with van der Waals surface area (Å²) in [5, 5.41) is 9.46. The summed E-state index contributed by atoms with van der Waals surface area (Å²) in [7, 11) is -2.04. The van der Waals surface area contributed by atoms with Gasteiger partial charge in [0.25, 0.3) is 0 Å². The van der Waals surface area contributed by atoms with E-state index in [0.29, 0.717) is 49.8 Å². The molecule has 1 atom stereocenters.